The minimum Gasteiger partial charge on any atom is -0.248 e. The number of benzene rings is 1. The molecule has 1 aromatic rings. The van der Waals surface area contributed by atoms with E-state index < -0.39 is 0 Å². The maximum absolute atomic E-state index is 3.66. The lowest BCUT2D eigenvalue weighted by Gasteiger charge is -2.30. The highest BCUT2D eigenvalue weighted by molar-refractivity contribution is 5.36. The number of nitrogens with one attached hydrogen (secondary N) is 1. The van der Waals surface area contributed by atoms with Crippen LogP contribution in [0.25, 0.3) is 0 Å². The largest absolute Gasteiger partial charge is 0.248 e. The first-order valence-electron chi connectivity index (χ1n) is 7.46. The predicted octanol–water partition coefficient (Wildman–Crippen LogP) is 3.23. The van der Waals surface area contributed by atoms with Crippen molar-refractivity contribution < 1.29 is 0 Å². The molecule has 0 radical (unpaired) electrons. The van der Waals surface area contributed by atoms with Crippen molar-refractivity contribution in [2.45, 2.75) is 51.5 Å². The normalized spacial score (nSPS) is 21.8. The van der Waals surface area contributed by atoms with Crippen molar-refractivity contribution >= 4 is 0 Å². The zero-order chi connectivity index (χ0) is 12.4. The third-order valence-corrected chi connectivity index (χ3v) is 4.35. The molecule has 0 bridgehead atoms. The topological polar surface area (TPSA) is 15.3 Å². The quantitative estimate of drug-likeness (QED) is 0.878. The van der Waals surface area contributed by atoms with Gasteiger partial charge in [-0.25, -0.2) is 10.4 Å². The third-order valence-electron chi connectivity index (χ3n) is 4.35. The van der Waals surface area contributed by atoms with Gasteiger partial charge in [-0.15, -0.1) is 0 Å². The number of piperidine rings is 1. The first kappa shape index (κ1) is 12.2. The summed E-state index contributed by atoms with van der Waals surface area (Å²) >= 11 is 0. The SMILES string of the molecule is CC(NN1CCCCC1)c1ccc2c(c1)CCC2. The van der Waals surface area contributed by atoms with Crippen molar-refractivity contribution in [2.24, 2.45) is 0 Å². The van der Waals surface area contributed by atoms with Crippen LogP contribution < -0.4 is 5.43 Å². The Labute approximate surface area is 110 Å². The van der Waals surface area contributed by atoms with Crippen molar-refractivity contribution in [3.8, 4) is 0 Å². The second kappa shape index (κ2) is 5.41. The van der Waals surface area contributed by atoms with Crippen LogP contribution in [0.5, 0.6) is 0 Å². The van der Waals surface area contributed by atoms with Crippen LogP contribution in [-0.2, 0) is 12.8 Å². The fraction of sp³-hybridized carbons (Fsp3) is 0.625. The summed E-state index contributed by atoms with van der Waals surface area (Å²) < 4.78 is 0. The molecule has 1 saturated heterocycles. The van der Waals surface area contributed by atoms with Crippen LogP contribution in [0.1, 0.15) is 55.3 Å². The Morgan fingerprint density at radius 2 is 1.78 bits per heavy atom. The monoisotopic (exact) mass is 244 g/mol. The van der Waals surface area contributed by atoms with Crippen LogP contribution in [0.15, 0.2) is 18.2 Å². The summed E-state index contributed by atoms with van der Waals surface area (Å²) in [6, 6.07) is 7.51. The Hall–Kier alpha value is -0.860. The molecule has 1 aliphatic heterocycles. The Bertz CT molecular complexity index is 408. The Morgan fingerprint density at radius 3 is 2.61 bits per heavy atom. The molecule has 3 rings (SSSR count). The number of hydrazine groups is 1. The number of hydrogen-bond acceptors (Lipinski definition) is 2. The van der Waals surface area contributed by atoms with E-state index in [1.54, 1.807) is 11.1 Å². The van der Waals surface area contributed by atoms with E-state index in [1.165, 1.54) is 57.2 Å². The maximum Gasteiger partial charge on any atom is 0.0436 e. The lowest BCUT2D eigenvalue weighted by atomic mass is 10.0. The van der Waals surface area contributed by atoms with E-state index in [0.717, 1.165) is 0 Å². The van der Waals surface area contributed by atoms with E-state index in [9.17, 15) is 0 Å². The van der Waals surface area contributed by atoms with E-state index >= 15 is 0 Å². The van der Waals surface area contributed by atoms with Gasteiger partial charge in [0.2, 0.25) is 0 Å². The van der Waals surface area contributed by atoms with Gasteiger partial charge in [-0.3, -0.25) is 0 Å². The highest BCUT2D eigenvalue weighted by Gasteiger charge is 2.16. The van der Waals surface area contributed by atoms with Crippen molar-refractivity contribution in [3.63, 3.8) is 0 Å². The summed E-state index contributed by atoms with van der Waals surface area (Å²) in [7, 11) is 0. The number of fused-ring (bicyclic) bond motifs is 1. The molecular formula is C16H24N2. The molecule has 1 fully saturated rings. The molecule has 1 aromatic carbocycles. The molecule has 0 aromatic heterocycles. The summed E-state index contributed by atoms with van der Waals surface area (Å²) in [5.41, 5.74) is 8.26. The van der Waals surface area contributed by atoms with Gasteiger partial charge in [0.1, 0.15) is 0 Å². The average molecular weight is 244 g/mol. The minimum absolute atomic E-state index is 0.439. The minimum atomic E-state index is 0.439. The second-order valence-electron chi connectivity index (χ2n) is 5.78. The van der Waals surface area contributed by atoms with E-state index in [2.05, 4.69) is 35.6 Å². The van der Waals surface area contributed by atoms with Gasteiger partial charge in [-0.2, -0.15) is 0 Å². The summed E-state index contributed by atoms with van der Waals surface area (Å²) in [6.07, 6.45) is 7.97. The summed E-state index contributed by atoms with van der Waals surface area (Å²) in [6.45, 7) is 4.69. The molecule has 1 heterocycles. The summed E-state index contributed by atoms with van der Waals surface area (Å²) in [4.78, 5) is 0. The van der Waals surface area contributed by atoms with Gasteiger partial charge in [0.05, 0.1) is 0 Å². The van der Waals surface area contributed by atoms with E-state index in [1.807, 2.05) is 0 Å². The Morgan fingerprint density at radius 1 is 1.00 bits per heavy atom. The maximum atomic E-state index is 3.66. The van der Waals surface area contributed by atoms with Gasteiger partial charge in [0, 0.05) is 19.1 Å². The van der Waals surface area contributed by atoms with Gasteiger partial charge in [0.25, 0.3) is 0 Å². The standard InChI is InChI=1S/C16H24N2/c1-13(17-18-10-3-2-4-11-18)15-9-8-14-6-5-7-16(14)12-15/h8-9,12-13,17H,2-7,10-11H2,1H3. The zero-order valence-corrected chi connectivity index (χ0v) is 11.4. The molecule has 98 valence electrons. The van der Waals surface area contributed by atoms with Crippen molar-refractivity contribution in [1.29, 1.82) is 0 Å². The van der Waals surface area contributed by atoms with Crippen LogP contribution in [0.4, 0.5) is 0 Å². The fourth-order valence-corrected chi connectivity index (χ4v) is 3.23. The fourth-order valence-electron chi connectivity index (χ4n) is 3.23. The highest BCUT2D eigenvalue weighted by atomic mass is 15.5. The number of hydrogen-bond donors (Lipinski definition) is 1. The molecule has 18 heavy (non-hydrogen) atoms. The smallest absolute Gasteiger partial charge is 0.0436 e. The van der Waals surface area contributed by atoms with Gasteiger partial charge in [-0.1, -0.05) is 24.6 Å². The van der Waals surface area contributed by atoms with Gasteiger partial charge in [-0.05, 0) is 55.7 Å². The van der Waals surface area contributed by atoms with Crippen molar-refractivity contribution in [2.75, 3.05) is 13.1 Å². The first-order chi connectivity index (χ1) is 8.83. The number of nitrogens with zero attached hydrogens (tertiary/aromatic N) is 1. The lowest BCUT2D eigenvalue weighted by Crippen LogP contribution is -2.42. The molecule has 2 heteroatoms. The molecule has 1 unspecified atom stereocenters. The molecule has 1 atom stereocenters. The van der Waals surface area contributed by atoms with Crippen LogP contribution in [-0.4, -0.2) is 18.1 Å². The number of rotatable bonds is 3. The summed E-state index contributed by atoms with van der Waals surface area (Å²) in [5.74, 6) is 0. The van der Waals surface area contributed by atoms with Gasteiger partial charge in [0.15, 0.2) is 0 Å². The van der Waals surface area contributed by atoms with Crippen LogP contribution in [0.3, 0.4) is 0 Å². The first-order valence-corrected chi connectivity index (χ1v) is 7.46. The van der Waals surface area contributed by atoms with E-state index in [4.69, 9.17) is 0 Å². The van der Waals surface area contributed by atoms with Crippen molar-refractivity contribution in [1.82, 2.24) is 10.4 Å². The number of aryl methyl sites for hydroxylation is 2. The molecule has 1 N–H and O–H groups in total. The van der Waals surface area contributed by atoms with E-state index in [-0.39, 0.29) is 0 Å². The highest BCUT2D eigenvalue weighted by Crippen LogP contribution is 2.25. The van der Waals surface area contributed by atoms with Crippen molar-refractivity contribution in [3.05, 3.63) is 34.9 Å². The van der Waals surface area contributed by atoms with Crippen LogP contribution >= 0.6 is 0 Å². The predicted molar refractivity (Wildman–Crippen MR) is 75.4 cm³/mol. The molecule has 1 aliphatic carbocycles. The molecule has 2 nitrogen and oxygen atoms in total. The molecule has 0 spiro atoms. The lowest BCUT2D eigenvalue weighted by molar-refractivity contribution is 0.133. The summed E-state index contributed by atoms with van der Waals surface area (Å²) in [5, 5.41) is 2.40. The molecule has 0 amide bonds. The van der Waals surface area contributed by atoms with E-state index in [0.29, 0.717) is 6.04 Å². The van der Waals surface area contributed by atoms with Gasteiger partial charge >= 0.3 is 0 Å². The molecule has 0 saturated carbocycles. The van der Waals surface area contributed by atoms with Gasteiger partial charge < -0.3 is 0 Å². The van der Waals surface area contributed by atoms with Crippen LogP contribution in [0, 0.1) is 0 Å². The Kier molecular flexibility index (Phi) is 3.67. The molecular weight excluding hydrogens is 220 g/mol. The molecule has 2 aliphatic rings. The zero-order valence-electron chi connectivity index (χ0n) is 11.4. The van der Waals surface area contributed by atoms with Crippen LogP contribution in [0.2, 0.25) is 0 Å². The third kappa shape index (κ3) is 2.60. The average Bonchev–Trinajstić information content (AvgIpc) is 2.87. The Balaban J connectivity index is 1.66. The second-order valence-corrected chi connectivity index (χ2v) is 5.78.